The quantitative estimate of drug-likeness (QED) is 0.730. The molecule has 0 bridgehead atoms. The van der Waals surface area contributed by atoms with Gasteiger partial charge in [-0.05, 0) is 12.1 Å². The van der Waals surface area contributed by atoms with Crippen LogP contribution in [0, 0.1) is 0 Å². The van der Waals surface area contributed by atoms with Gasteiger partial charge >= 0.3 is 6.03 Å². The van der Waals surface area contributed by atoms with Gasteiger partial charge in [0.2, 0.25) is 0 Å². The summed E-state index contributed by atoms with van der Waals surface area (Å²) in [7, 11) is 1.58. The van der Waals surface area contributed by atoms with E-state index < -0.39 is 0 Å². The van der Waals surface area contributed by atoms with Crippen molar-refractivity contribution in [1.29, 1.82) is 0 Å². The number of carbonyl (C=O) groups is 1. The van der Waals surface area contributed by atoms with E-state index in [4.69, 9.17) is 4.74 Å². The lowest BCUT2D eigenvalue weighted by atomic mass is 10.4. The van der Waals surface area contributed by atoms with Gasteiger partial charge in [0.1, 0.15) is 5.69 Å². The van der Waals surface area contributed by atoms with Gasteiger partial charge in [-0.1, -0.05) is 5.21 Å². The monoisotopic (exact) mass is 276 g/mol. The van der Waals surface area contributed by atoms with Crippen LogP contribution in [0.2, 0.25) is 0 Å². The number of nitrogens with zero attached hydrogens (tertiary/aromatic N) is 4. The molecule has 0 saturated carbocycles. The topological polar surface area (TPSA) is 94.0 Å². The Balaban J connectivity index is 1.83. The first-order valence-electron chi connectivity index (χ1n) is 6.12. The zero-order chi connectivity index (χ0) is 14.2. The maximum Gasteiger partial charge on any atom is 0.315 e. The lowest BCUT2D eigenvalue weighted by molar-refractivity contribution is 0.196. The smallest absolute Gasteiger partial charge is 0.315 e. The van der Waals surface area contributed by atoms with Gasteiger partial charge in [0, 0.05) is 19.9 Å². The number of rotatable bonds is 6. The first kappa shape index (κ1) is 13.9. The predicted octanol–water partition coefficient (Wildman–Crippen LogP) is 0.108. The molecule has 8 nitrogen and oxygen atoms in total. The molecular formula is C12H16N6O2. The summed E-state index contributed by atoms with van der Waals surface area (Å²) in [4.78, 5) is 15.4. The largest absolute Gasteiger partial charge is 0.383 e. The predicted molar refractivity (Wildman–Crippen MR) is 71.3 cm³/mol. The minimum absolute atomic E-state index is 0.266. The zero-order valence-electron chi connectivity index (χ0n) is 11.1. The van der Waals surface area contributed by atoms with Gasteiger partial charge in [-0.25, -0.2) is 9.48 Å². The average molecular weight is 276 g/mol. The summed E-state index contributed by atoms with van der Waals surface area (Å²) in [6, 6.07) is 3.42. The fraction of sp³-hybridized carbons (Fsp3) is 0.333. The number of ether oxygens (including phenoxy) is 1. The molecule has 0 aliphatic carbocycles. The van der Waals surface area contributed by atoms with Crippen LogP contribution in [0.25, 0.3) is 5.69 Å². The summed E-state index contributed by atoms with van der Waals surface area (Å²) < 4.78 is 6.44. The summed E-state index contributed by atoms with van der Waals surface area (Å²) in [6.45, 7) is 1.24. The van der Waals surface area contributed by atoms with Gasteiger partial charge in [-0.3, -0.25) is 4.98 Å². The third kappa shape index (κ3) is 4.02. The average Bonchev–Trinajstić information content (AvgIpc) is 2.95. The molecule has 0 unspecified atom stereocenters. The van der Waals surface area contributed by atoms with Crippen molar-refractivity contribution in [1.82, 2.24) is 30.6 Å². The minimum atomic E-state index is -0.266. The molecule has 0 saturated heterocycles. The van der Waals surface area contributed by atoms with Crippen molar-refractivity contribution in [2.24, 2.45) is 0 Å². The number of methoxy groups -OCH3 is 1. The highest BCUT2D eigenvalue weighted by molar-refractivity contribution is 5.73. The van der Waals surface area contributed by atoms with E-state index >= 15 is 0 Å². The van der Waals surface area contributed by atoms with E-state index in [0.29, 0.717) is 25.4 Å². The second-order valence-electron chi connectivity index (χ2n) is 3.97. The van der Waals surface area contributed by atoms with Gasteiger partial charge in [-0.15, -0.1) is 5.10 Å². The Morgan fingerprint density at radius 2 is 2.35 bits per heavy atom. The molecule has 20 heavy (non-hydrogen) atoms. The van der Waals surface area contributed by atoms with Crippen molar-refractivity contribution in [2.45, 2.75) is 6.54 Å². The SMILES string of the molecule is COCCNC(=O)NCc1cn(-c2cccnc2)nn1. The second-order valence-corrected chi connectivity index (χ2v) is 3.97. The first-order valence-corrected chi connectivity index (χ1v) is 6.12. The highest BCUT2D eigenvalue weighted by Crippen LogP contribution is 2.03. The molecule has 0 fully saturated rings. The van der Waals surface area contributed by atoms with Crippen molar-refractivity contribution in [3.63, 3.8) is 0 Å². The van der Waals surface area contributed by atoms with Crippen molar-refractivity contribution >= 4 is 6.03 Å². The van der Waals surface area contributed by atoms with Crippen LogP contribution < -0.4 is 10.6 Å². The molecule has 2 amide bonds. The van der Waals surface area contributed by atoms with Crippen LogP contribution in [0.3, 0.4) is 0 Å². The van der Waals surface area contributed by atoms with Gasteiger partial charge in [0.15, 0.2) is 0 Å². The van der Waals surface area contributed by atoms with E-state index in [1.807, 2.05) is 12.1 Å². The fourth-order valence-electron chi connectivity index (χ4n) is 1.49. The van der Waals surface area contributed by atoms with Crippen LogP contribution in [0.15, 0.2) is 30.7 Å². The third-order valence-corrected chi connectivity index (χ3v) is 2.47. The number of pyridine rings is 1. The lowest BCUT2D eigenvalue weighted by Gasteiger charge is -2.05. The number of amides is 2. The van der Waals surface area contributed by atoms with Gasteiger partial charge in [0.05, 0.1) is 31.2 Å². The highest BCUT2D eigenvalue weighted by Gasteiger charge is 2.04. The second kappa shape index (κ2) is 7.19. The highest BCUT2D eigenvalue weighted by atomic mass is 16.5. The Hall–Kier alpha value is -2.48. The maximum atomic E-state index is 11.4. The van der Waals surface area contributed by atoms with E-state index in [1.54, 1.807) is 30.4 Å². The van der Waals surface area contributed by atoms with Crippen LogP contribution in [0.4, 0.5) is 4.79 Å². The third-order valence-electron chi connectivity index (χ3n) is 2.47. The number of aromatic nitrogens is 4. The van der Waals surface area contributed by atoms with Crippen molar-refractivity contribution in [3.8, 4) is 5.69 Å². The van der Waals surface area contributed by atoms with Gasteiger partial charge in [0.25, 0.3) is 0 Å². The normalized spacial score (nSPS) is 10.2. The standard InChI is InChI=1S/C12H16N6O2/c1-20-6-5-14-12(19)15-7-10-9-18(17-16-10)11-3-2-4-13-8-11/h2-4,8-9H,5-7H2,1H3,(H2,14,15,19). The summed E-state index contributed by atoms with van der Waals surface area (Å²) in [6.07, 6.45) is 5.11. The van der Waals surface area contributed by atoms with Crippen molar-refractivity contribution in [3.05, 3.63) is 36.4 Å². The van der Waals surface area contributed by atoms with E-state index in [1.165, 1.54) is 0 Å². The number of hydrogen-bond acceptors (Lipinski definition) is 5. The molecule has 0 aliphatic heterocycles. The molecule has 0 atom stereocenters. The molecule has 0 spiro atoms. The fourth-order valence-corrected chi connectivity index (χ4v) is 1.49. The molecule has 8 heteroatoms. The van der Waals surface area contributed by atoms with E-state index in [9.17, 15) is 4.79 Å². The van der Waals surface area contributed by atoms with Crippen LogP contribution in [0.1, 0.15) is 5.69 Å². The Kier molecular flexibility index (Phi) is 5.01. The van der Waals surface area contributed by atoms with Gasteiger partial charge < -0.3 is 15.4 Å². The number of carbonyl (C=O) groups excluding carboxylic acids is 1. The minimum Gasteiger partial charge on any atom is -0.383 e. The molecule has 106 valence electrons. The van der Waals surface area contributed by atoms with Crippen LogP contribution in [-0.2, 0) is 11.3 Å². The summed E-state index contributed by atoms with van der Waals surface area (Å²) in [5.74, 6) is 0. The van der Waals surface area contributed by atoms with Gasteiger partial charge in [-0.2, -0.15) is 0 Å². The lowest BCUT2D eigenvalue weighted by Crippen LogP contribution is -2.36. The molecule has 2 heterocycles. The Morgan fingerprint density at radius 1 is 1.45 bits per heavy atom. The number of nitrogens with one attached hydrogen (secondary N) is 2. The maximum absolute atomic E-state index is 11.4. The molecule has 2 N–H and O–H groups in total. The molecule has 0 radical (unpaired) electrons. The van der Waals surface area contributed by atoms with Crippen LogP contribution in [-0.4, -0.2) is 46.3 Å². The molecule has 2 aromatic heterocycles. The first-order chi connectivity index (χ1) is 9.79. The summed E-state index contributed by atoms with van der Waals surface area (Å²) in [5, 5.41) is 13.3. The van der Waals surface area contributed by atoms with E-state index in [2.05, 4.69) is 25.9 Å². The summed E-state index contributed by atoms with van der Waals surface area (Å²) >= 11 is 0. The number of urea groups is 1. The number of hydrogen-bond donors (Lipinski definition) is 2. The van der Waals surface area contributed by atoms with Crippen LogP contribution in [0.5, 0.6) is 0 Å². The summed E-state index contributed by atoms with van der Waals surface area (Å²) in [5.41, 5.74) is 1.48. The van der Waals surface area contributed by atoms with E-state index in [-0.39, 0.29) is 6.03 Å². The van der Waals surface area contributed by atoms with E-state index in [0.717, 1.165) is 5.69 Å². The van der Waals surface area contributed by atoms with Crippen molar-refractivity contribution < 1.29 is 9.53 Å². The van der Waals surface area contributed by atoms with Crippen molar-refractivity contribution in [2.75, 3.05) is 20.3 Å². The zero-order valence-corrected chi connectivity index (χ0v) is 11.1. The molecule has 0 aromatic carbocycles. The van der Waals surface area contributed by atoms with Crippen LogP contribution >= 0.6 is 0 Å². The molecule has 2 aromatic rings. The Bertz CT molecular complexity index is 542. The Labute approximate surface area is 116 Å². The molecule has 0 aliphatic rings. The molecule has 2 rings (SSSR count). The molecular weight excluding hydrogens is 260 g/mol. The Morgan fingerprint density at radius 3 is 3.10 bits per heavy atom.